The molecule has 1 aliphatic heterocycles. The molecule has 1 aliphatic rings. The molecule has 1 aromatic rings. The molecule has 0 spiro atoms. The number of sulfone groups is 1. The SMILES string of the molecule is CC[C@H](C)N(C(=O)COc1ccc(Br)cc1C=O)[C@@H]1CCS(=O)(=O)C1. The van der Waals surface area contributed by atoms with Gasteiger partial charge in [-0.1, -0.05) is 22.9 Å². The minimum Gasteiger partial charge on any atom is -0.483 e. The molecule has 8 heteroatoms. The first kappa shape index (κ1) is 19.9. The van der Waals surface area contributed by atoms with Crippen molar-refractivity contribution in [2.45, 2.75) is 38.8 Å². The van der Waals surface area contributed by atoms with Gasteiger partial charge in [0, 0.05) is 16.6 Å². The second-order valence-corrected chi connectivity index (χ2v) is 9.35. The van der Waals surface area contributed by atoms with Crippen molar-refractivity contribution in [3.8, 4) is 5.75 Å². The molecular formula is C17H22BrNO5S. The molecule has 6 nitrogen and oxygen atoms in total. The van der Waals surface area contributed by atoms with Crippen molar-refractivity contribution in [3.05, 3.63) is 28.2 Å². The zero-order chi connectivity index (χ0) is 18.6. The molecule has 0 N–H and O–H groups in total. The summed E-state index contributed by atoms with van der Waals surface area (Å²) >= 11 is 3.28. The lowest BCUT2D eigenvalue weighted by molar-refractivity contribution is -0.137. The van der Waals surface area contributed by atoms with Crippen LogP contribution in [0.5, 0.6) is 5.75 Å². The molecule has 1 heterocycles. The standard InChI is InChI=1S/C17H22BrNO5S/c1-3-12(2)19(15-6-7-25(22,23)11-15)17(21)10-24-16-5-4-14(18)8-13(16)9-20/h4-5,8-9,12,15H,3,6-7,10-11H2,1-2H3/t12-,15+/m0/s1. The minimum absolute atomic E-state index is 0.000944. The Kier molecular flexibility index (Phi) is 6.62. The zero-order valence-electron chi connectivity index (χ0n) is 14.3. The molecule has 0 unspecified atom stereocenters. The number of halogens is 1. The number of amides is 1. The first-order valence-electron chi connectivity index (χ1n) is 8.16. The Morgan fingerprint density at radius 2 is 2.20 bits per heavy atom. The maximum absolute atomic E-state index is 12.7. The summed E-state index contributed by atoms with van der Waals surface area (Å²) in [5.74, 6) is 0.174. The molecular weight excluding hydrogens is 410 g/mol. The number of carbonyl (C=O) groups excluding carboxylic acids is 2. The number of carbonyl (C=O) groups is 2. The van der Waals surface area contributed by atoms with Crippen molar-refractivity contribution in [2.75, 3.05) is 18.1 Å². The van der Waals surface area contributed by atoms with Crippen LogP contribution < -0.4 is 4.74 Å². The van der Waals surface area contributed by atoms with Gasteiger partial charge in [0.1, 0.15) is 5.75 Å². The first-order valence-corrected chi connectivity index (χ1v) is 10.8. The largest absolute Gasteiger partial charge is 0.483 e. The second-order valence-electron chi connectivity index (χ2n) is 6.20. The zero-order valence-corrected chi connectivity index (χ0v) is 16.7. The number of aldehydes is 1. The molecule has 0 aliphatic carbocycles. The topological polar surface area (TPSA) is 80.8 Å². The second kappa shape index (κ2) is 8.31. The Morgan fingerprint density at radius 1 is 1.48 bits per heavy atom. The van der Waals surface area contributed by atoms with E-state index in [-0.39, 0.29) is 36.1 Å². The summed E-state index contributed by atoms with van der Waals surface area (Å²) in [5, 5.41) is 0. The molecule has 25 heavy (non-hydrogen) atoms. The summed E-state index contributed by atoms with van der Waals surface area (Å²) in [6.07, 6.45) is 1.84. The van der Waals surface area contributed by atoms with Crippen LogP contribution in [0.3, 0.4) is 0 Å². The molecule has 1 saturated heterocycles. The molecule has 1 fully saturated rings. The van der Waals surface area contributed by atoms with E-state index in [1.54, 1.807) is 23.1 Å². The highest BCUT2D eigenvalue weighted by Crippen LogP contribution is 2.24. The van der Waals surface area contributed by atoms with Crippen LogP contribution >= 0.6 is 15.9 Å². The molecule has 1 amide bonds. The molecule has 0 saturated carbocycles. The number of ether oxygens (including phenoxy) is 1. The van der Waals surface area contributed by atoms with Gasteiger partial charge in [-0.05, 0) is 38.0 Å². The van der Waals surface area contributed by atoms with Crippen LogP contribution in [0.15, 0.2) is 22.7 Å². The molecule has 138 valence electrons. The number of rotatable bonds is 7. The van der Waals surface area contributed by atoms with Gasteiger partial charge >= 0.3 is 0 Å². The van der Waals surface area contributed by atoms with Gasteiger partial charge in [-0.15, -0.1) is 0 Å². The third kappa shape index (κ3) is 5.04. The lowest BCUT2D eigenvalue weighted by atomic mass is 10.1. The Hall–Kier alpha value is -1.41. The van der Waals surface area contributed by atoms with Gasteiger partial charge in [-0.25, -0.2) is 8.42 Å². The van der Waals surface area contributed by atoms with Crippen molar-refractivity contribution in [2.24, 2.45) is 0 Å². The maximum Gasteiger partial charge on any atom is 0.261 e. The Morgan fingerprint density at radius 3 is 2.76 bits per heavy atom. The van der Waals surface area contributed by atoms with E-state index in [1.165, 1.54) is 0 Å². The summed E-state index contributed by atoms with van der Waals surface area (Å²) in [5.41, 5.74) is 0.348. The van der Waals surface area contributed by atoms with E-state index >= 15 is 0 Å². The highest BCUT2D eigenvalue weighted by atomic mass is 79.9. The lowest BCUT2D eigenvalue weighted by Gasteiger charge is -2.33. The maximum atomic E-state index is 12.7. The van der Waals surface area contributed by atoms with Crippen molar-refractivity contribution >= 4 is 38.0 Å². The summed E-state index contributed by atoms with van der Waals surface area (Å²) in [7, 11) is -3.08. The van der Waals surface area contributed by atoms with E-state index in [4.69, 9.17) is 4.74 Å². The van der Waals surface area contributed by atoms with Crippen LogP contribution in [0, 0.1) is 0 Å². The predicted octanol–water partition coefficient (Wildman–Crippen LogP) is 2.45. The average Bonchev–Trinajstić information content (AvgIpc) is 2.92. The number of hydrogen-bond donors (Lipinski definition) is 0. The summed E-state index contributed by atoms with van der Waals surface area (Å²) in [4.78, 5) is 25.4. The fourth-order valence-corrected chi connectivity index (χ4v) is 5.05. The third-order valence-corrected chi connectivity index (χ3v) is 6.65. The number of hydrogen-bond acceptors (Lipinski definition) is 5. The van der Waals surface area contributed by atoms with Gasteiger partial charge in [0.2, 0.25) is 0 Å². The van der Waals surface area contributed by atoms with Gasteiger partial charge in [-0.3, -0.25) is 9.59 Å². The van der Waals surface area contributed by atoms with Gasteiger partial charge in [-0.2, -0.15) is 0 Å². The molecule has 2 atom stereocenters. The number of nitrogens with zero attached hydrogens (tertiary/aromatic N) is 1. The van der Waals surface area contributed by atoms with Gasteiger partial charge in [0.25, 0.3) is 5.91 Å². The monoisotopic (exact) mass is 431 g/mol. The van der Waals surface area contributed by atoms with Crippen LogP contribution in [-0.2, 0) is 14.6 Å². The van der Waals surface area contributed by atoms with Crippen LogP contribution in [0.4, 0.5) is 0 Å². The van der Waals surface area contributed by atoms with E-state index in [1.807, 2.05) is 13.8 Å². The third-order valence-electron chi connectivity index (χ3n) is 4.41. The number of benzene rings is 1. The minimum atomic E-state index is -3.08. The fraction of sp³-hybridized carbons (Fsp3) is 0.529. The quantitative estimate of drug-likeness (QED) is 0.619. The van der Waals surface area contributed by atoms with E-state index < -0.39 is 9.84 Å². The Bertz CT molecular complexity index is 749. The average molecular weight is 432 g/mol. The summed E-state index contributed by atoms with van der Waals surface area (Å²) in [6.45, 7) is 3.62. The molecule has 0 radical (unpaired) electrons. The smallest absolute Gasteiger partial charge is 0.261 e. The van der Waals surface area contributed by atoms with Crippen molar-refractivity contribution < 1.29 is 22.7 Å². The summed E-state index contributed by atoms with van der Waals surface area (Å²) < 4.78 is 29.8. The molecule has 0 bridgehead atoms. The highest BCUT2D eigenvalue weighted by molar-refractivity contribution is 9.10. The normalized spacial score (nSPS) is 20.0. The van der Waals surface area contributed by atoms with Crippen LogP contribution in [0.2, 0.25) is 0 Å². The van der Waals surface area contributed by atoms with E-state index in [0.29, 0.717) is 24.0 Å². The Balaban J connectivity index is 2.11. The Labute approximate surface area is 156 Å². The van der Waals surface area contributed by atoms with Gasteiger partial charge in [0.15, 0.2) is 22.7 Å². The van der Waals surface area contributed by atoms with Crippen molar-refractivity contribution in [3.63, 3.8) is 0 Å². The van der Waals surface area contributed by atoms with Crippen LogP contribution in [0.1, 0.15) is 37.0 Å². The molecule has 2 rings (SSSR count). The van der Waals surface area contributed by atoms with Crippen molar-refractivity contribution in [1.29, 1.82) is 0 Å². The predicted molar refractivity (Wildman–Crippen MR) is 98.7 cm³/mol. The van der Waals surface area contributed by atoms with E-state index in [9.17, 15) is 18.0 Å². The van der Waals surface area contributed by atoms with Crippen LogP contribution in [0.25, 0.3) is 0 Å². The summed E-state index contributed by atoms with van der Waals surface area (Å²) in [6, 6.07) is 4.57. The first-order chi connectivity index (χ1) is 11.8. The van der Waals surface area contributed by atoms with Gasteiger partial charge in [0.05, 0.1) is 17.1 Å². The molecule has 0 aromatic heterocycles. The fourth-order valence-electron chi connectivity index (χ4n) is 2.96. The van der Waals surface area contributed by atoms with E-state index in [2.05, 4.69) is 15.9 Å². The van der Waals surface area contributed by atoms with Crippen LogP contribution in [-0.4, -0.2) is 55.7 Å². The lowest BCUT2D eigenvalue weighted by Crippen LogP contribution is -2.48. The van der Waals surface area contributed by atoms with Crippen molar-refractivity contribution in [1.82, 2.24) is 4.90 Å². The van der Waals surface area contributed by atoms with Gasteiger partial charge < -0.3 is 9.64 Å². The van der Waals surface area contributed by atoms with E-state index in [0.717, 1.165) is 10.9 Å². The molecule has 1 aromatic carbocycles. The highest BCUT2D eigenvalue weighted by Gasteiger charge is 2.36.